The molecule has 0 radical (unpaired) electrons. The molecule has 1 aromatic carbocycles. The highest BCUT2D eigenvalue weighted by Gasteiger charge is 2.49. The number of nitrogens with one attached hydrogen (secondary N) is 2. The summed E-state index contributed by atoms with van der Waals surface area (Å²) in [7, 11) is 0. The molecule has 2 heterocycles. The Hall–Kier alpha value is -2.37. The van der Waals surface area contributed by atoms with Gasteiger partial charge < -0.3 is 10.2 Å². The van der Waals surface area contributed by atoms with E-state index in [-0.39, 0.29) is 18.4 Å². The lowest BCUT2D eigenvalue weighted by Gasteiger charge is -2.38. The van der Waals surface area contributed by atoms with Crippen LogP contribution in [-0.4, -0.2) is 41.4 Å². The fraction of sp³-hybridized carbons (Fsp3) is 0.471. The van der Waals surface area contributed by atoms with Gasteiger partial charge in [0.2, 0.25) is 5.91 Å². The number of hydrogen-bond acceptors (Lipinski definition) is 3. The number of carbonyl (C=O) groups excluding carboxylic acids is 3. The number of nitrogens with zero attached hydrogens (tertiary/aromatic N) is 1. The van der Waals surface area contributed by atoms with Gasteiger partial charge in [0.1, 0.15) is 5.54 Å². The summed E-state index contributed by atoms with van der Waals surface area (Å²) in [6, 6.07) is 5.53. The van der Waals surface area contributed by atoms with Gasteiger partial charge in [-0.2, -0.15) is 0 Å². The van der Waals surface area contributed by atoms with Gasteiger partial charge in [0.25, 0.3) is 5.91 Å². The van der Waals surface area contributed by atoms with E-state index in [2.05, 4.69) is 10.6 Å². The Morgan fingerprint density at radius 2 is 2.04 bits per heavy atom. The SMILES string of the molecule is Cc1ccc(CC(=O)N2CCCC3(C2)NC(=O)NC3=O)cc1C. The monoisotopic (exact) mass is 315 g/mol. The van der Waals surface area contributed by atoms with Crippen LogP contribution in [0.1, 0.15) is 29.5 Å². The zero-order valence-corrected chi connectivity index (χ0v) is 13.4. The first kappa shape index (κ1) is 15.5. The normalized spacial score (nSPS) is 23.8. The van der Waals surface area contributed by atoms with Crippen LogP contribution in [0.15, 0.2) is 18.2 Å². The van der Waals surface area contributed by atoms with E-state index in [1.165, 1.54) is 5.56 Å². The highest BCUT2D eigenvalue weighted by atomic mass is 16.2. The van der Waals surface area contributed by atoms with Crippen LogP contribution in [0.3, 0.4) is 0 Å². The molecule has 3 rings (SSSR count). The molecule has 0 bridgehead atoms. The fourth-order valence-electron chi connectivity index (χ4n) is 3.28. The smallest absolute Gasteiger partial charge is 0.322 e. The molecule has 1 spiro atoms. The average Bonchev–Trinajstić information content (AvgIpc) is 2.76. The second kappa shape index (κ2) is 5.68. The maximum Gasteiger partial charge on any atom is 0.322 e. The van der Waals surface area contributed by atoms with Crippen LogP contribution in [0.25, 0.3) is 0 Å². The van der Waals surface area contributed by atoms with E-state index in [4.69, 9.17) is 0 Å². The molecule has 1 unspecified atom stereocenters. The molecule has 0 aromatic heterocycles. The molecule has 0 saturated carbocycles. The predicted octanol–water partition coefficient (Wildman–Crippen LogP) is 1.05. The van der Waals surface area contributed by atoms with Gasteiger partial charge >= 0.3 is 6.03 Å². The molecule has 122 valence electrons. The summed E-state index contributed by atoms with van der Waals surface area (Å²) in [6.07, 6.45) is 1.58. The molecular formula is C17H21N3O3. The van der Waals surface area contributed by atoms with Crippen molar-refractivity contribution in [2.45, 2.75) is 38.6 Å². The van der Waals surface area contributed by atoms with Gasteiger partial charge in [0.15, 0.2) is 0 Å². The Morgan fingerprint density at radius 3 is 2.70 bits per heavy atom. The van der Waals surface area contributed by atoms with E-state index in [1.54, 1.807) is 4.90 Å². The molecule has 23 heavy (non-hydrogen) atoms. The minimum absolute atomic E-state index is 0.0127. The quantitative estimate of drug-likeness (QED) is 0.801. The molecule has 1 atom stereocenters. The first-order chi connectivity index (χ1) is 10.9. The second-order valence-electron chi connectivity index (χ2n) is 6.50. The minimum atomic E-state index is -0.950. The van der Waals surface area contributed by atoms with Crippen LogP contribution in [0, 0.1) is 13.8 Å². The number of imide groups is 1. The van der Waals surface area contributed by atoms with Gasteiger partial charge in [0, 0.05) is 6.54 Å². The lowest BCUT2D eigenvalue weighted by Crippen LogP contribution is -2.59. The molecular weight excluding hydrogens is 294 g/mol. The molecule has 2 fully saturated rings. The number of piperidine rings is 1. The maximum absolute atomic E-state index is 12.6. The number of likely N-dealkylation sites (tertiary alicyclic amines) is 1. The molecule has 4 amide bonds. The fourth-order valence-corrected chi connectivity index (χ4v) is 3.28. The Kier molecular flexibility index (Phi) is 3.83. The zero-order valence-electron chi connectivity index (χ0n) is 13.4. The summed E-state index contributed by atoms with van der Waals surface area (Å²) in [4.78, 5) is 37.7. The summed E-state index contributed by atoms with van der Waals surface area (Å²) < 4.78 is 0. The summed E-state index contributed by atoms with van der Waals surface area (Å²) in [6.45, 7) is 4.93. The highest BCUT2D eigenvalue weighted by Crippen LogP contribution is 2.25. The summed E-state index contributed by atoms with van der Waals surface area (Å²) in [5.74, 6) is -0.340. The van der Waals surface area contributed by atoms with Crippen molar-refractivity contribution in [3.63, 3.8) is 0 Å². The minimum Gasteiger partial charge on any atom is -0.340 e. The largest absolute Gasteiger partial charge is 0.340 e. The standard InChI is InChI=1S/C17H21N3O3/c1-11-4-5-13(8-12(11)2)9-14(21)20-7-3-6-17(10-20)15(22)18-16(23)19-17/h4-5,8H,3,6-7,9-10H2,1-2H3,(H2,18,19,22,23). The van der Waals surface area contributed by atoms with E-state index in [1.807, 2.05) is 32.0 Å². The van der Waals surface area contributed by atoms with Crippen LogP contribution in [0.4, 0.5) is 4.79 Å². The topological polar surface area (TPSA) is 78.5 Å². The molecule has 2 aliphatic heterocycles. The summed E-state index contributed by atoms with van der Waals surface area (Å²) >= 11 is 0. The molecule has 0 aliphatic carbocycles. The van der Waals surface area contributed by atoms with Crippen LogP contribution >= 0.6 is 0 Å². The molecule has 2 saturated heterocycles. The first-order valence-corrected chi connectivity index (χ1v) is 7.87. The van der Waals surface area contributed by atoms with Crippen LogP contribution in [0.2, 0.25) is 0 Å². The second-order valence-corrected chi connectivity index (χ2v) is 6.50. The van der Waals surface area contributed by atoms with Crippen molar-refractivity contribution in [3.8, 4) is 0 Å². The maximum atomic E-state index is 12.6. The molecule has 6 heteroatoms. The number of benzene rings is 1. The van der Waals surface area contributed by atoms with Gasteiger partial charge in [0.05, 0.1) is 13.0 Å². The van der Waals surface area contributed by atoms with Crippen molar-refractivity contribution < 1.29 is 14.4 Å². The van der Waals surface area contributed by atoms with E-state index in [0.717, 1.165) is 11.1 Å². The third-order valence-electron chi connectivity index (χ3n) is 4.79. The van der Waals surface area contributed by atoms with Gasteiger partial charge in [-0.1, -0.05) is 18.2 Å². The lowest BCUT2D eigenvalue weighted by molar-refractivity contribution is -0.135. The van der Waals surface area contributed by atoms with Crippen LogP contribution in [-0.2, 0) is 16.0 Å². The van der Waals surface area contributed by atoms with E-state index in [0.29, 0.717) is 25.8 Å². The third kappa shape index (κ3) is 2.93. The predicted molar refractivity (Wildman–Crippen MR) is 84.8 cm³/mol. The van der Waals surface area contributed by atoms with Crippen molar-refractivity contribution in [2.75, 3.05) is 13.1 Å². The molecule has 2 aliphatic rings. The van der Waals surface area contributed by atoms with E-state index >= 15 is 0 Å². The lowest BCUT2D eigenvalue weighted by atomic mass is 9.89. The number of carbonyl (C=O) groups is 3. The Balaban J connectivity index is 1.71. The number of aryl methyl sites for hydroxylation is 2. The van der Waals surface area contributed by atoms with Crippen molar-refractivity contribution in [1.29, 1.82) is 0 Å². The van der Waals surface area contributed by atoms with Gasteiger partial charge in [-0.15, -0.1) is 0 Å². The molecule has 2 N–H and O–H groups in total. The molecule has 6 nitrogen and oxygen atoms in total. The highest BCUT2D eigenvalue weighted by molar-refractivity contribution is 6.07. The van der Waals surface area contributed by atoms with Gasteiger partial charge in [-0.05, 0) is 43.4 Å². The third-order valence-corrected chi connectivity index (χ3v) is 4.79. The summed E-state index contributed by atoms with van der Waals surface area (Å²) in [5.41, 5.74) is 2.38. The Morgan fingerprint density at radius 1 is 1.26 bits per heavy atom. The number of rotatable bonds is 2. The van der Waals surface area contributed by atoms with Crippen LogP contribution < -0.4 is 10.6 Å². The number of urea groups is 1. The van der Waals surface area contributed by atoms with Crippen molar-refractivity contribution in [3.05, 3.63) is 34.9 Å². The first-order valence-electron chi connectivity index (χ1n) is 7.87. The van der Waals surface area contributed by atoms with Gasteiger partial charge in [-0.3, -0.25) is 14.9 Å². The Labute approximate surface area is 135 Å². The van der Waals surface area contributed by atoms with Crippen molar-refractivity contribution in [2.24, 2.45) is 0 Å². The Bertz CT molecular complexity index is 686. The van der Waals surface area contributed by atoms with Crippen LogP contribution in [0.5, 0.6) is 0 Å². The molecule has 1 aromatic rings. The van der Waals surface area contributed by atoms with Crippen molar-refractivity contribution in [1.82, 2.24) is 15.5 Å². The number of amides is 4. The van der Waals surface area contributed by atoms with Crippen molar-refractivity contribution >= 4 is 17.8 Å². The van der Waals surface area contributed by atoms with E-state index in [9.17, 15) is 14.4 Å². The average molecular weight is 315 g/mol. The van der Waals surface area contributed by atoms with Gasteiger partial charge in [-0.25, -0.2) is 4.79 Å². The summed E-state index contributed by atoms with van der Waals surface area (Å²) in [5, 5.41) is 4.96. The number of hydrogen-bond donors (Lipinski definition) is 2. The van der Waals surface area contributed by atoms with E-state index < -0.39 is 11.6 Å². The zero-order chi connectivity index (χ0) is 16.6.